The van der Waals surface area contributed by atoms with Crippen LogP contribution in [0.2, 0.25) is 0 Å². The van der Waals surface area contributed by atoms with Gasteiger partial charge in [0.05, 0.1) is 0 Å². The molecule has 0 bridgehead atoms. The van der Waals surface area contributed by atoms with Crippen molar-refractivity contribution in [3.05, 3.63) is 59.2 Å². The van der Waals surface area contributed by atoms with Crippen molar-refractivity contribution >= 4 is 5.91 Å². The van der Waals surface area contributed by atoms with E-state index in [0.29, 0.717) is 0 Å². The minimum Gasteiger partial charge on any atom is -0.345 e. The lowest BCUT2D eigenvalue weighted by Crippen LogP contribution is -2.22. The molecule has 0 spiro atoms. The van der Waals surface area contributed by atoms with E-state index in [2.05, 4.69) is 24.3 Å². The number of nitrogens with zero attached hydrogens (tertiary/aromatic N) is 1. The molecule has 0 atom stereocenters. The molecule has 0 radical (unpaired) electrons. The summed E-state index contributed by atoms with van der Waals surface area (Å²) in [5.41, 5.74) is 5.77. The quantitative estimate of drug-likeness (QED) is 0.637. The van der Waals surface area contributed by atoms with Crippen LogP contribution in [0.3, 0.4) is 0 Å². The third kappa shape index (κ3) is 1.53. The highest BCUT2D eigenvalue weighted by Crippen LogP contribution is 2.38. The molecular formula is C16H15NO. The number of fused-ring (bicyclic) bond motifs is 3. The number of benzene rings is 2. The summed E-state index contributed by atoms with van der Waals surface area (Å²) in [6.07, 6.45) is 0.862. The molecule has 0 fully saturated rings. The summed E-state index contributed by atoms with van der Waals surface area (Å²) in [6, 6.07) is 14.4. The lowest BCUT2D eigenvalue weighted by atomic mass is 10.0. The van der Waals surface area contributed by atoms with Crippen LogP contribution in [0.1, 0.15) is 21.5 Å². The van der Waals surface area contributed by atoms with Crippen LogP contribution < -0.4 is 0 Å². The van der Waals surface area contributed by atoms with Gasteiger partial charge in [-0.15, -0.1) is 0 Å². The lowest BCUT2D eigenvalue weighted by Gasteiger charge is -2.13. The average molecular weight is 237 g/mol. The molecule has 0 N–H and O–H groups in total. The topological polar surface area (TPSA) is 20.3 Å². The van der Waals surface area contributed by atoms with Gasteiger partial charge in [-0.05, 0) is 34.7 Å². The fraction of sp³-hybridized carbons (Fsp3) is 0.188. The molecule has 0 unspecified atom stereocenters. The first-order chi connectivity index (χ1) is 8.68. The SMILES string of the molecule is CN(C)C(=O)c1cccc2c1Cc1ccccc1-2. The monoisotopic (exact) mass is 237 g/mol. The van der Waals surface area contributed by atoms with E-state index in [-0.39, 0.29) is 5.91 Å². The Labute approximate surface area is 107 Å². The van der Waals surface area contributed by atoms with Gasteiger partial charge in [-0.3, -0.25) is 4.79 Å². The summed E-state index contributed by atoms with van der Waals surface area (Å²) in [4.78, 5) is 13.8. The van der Waals surface area contributed by atoms with Crippen LogP contribution in [0.25, 0.3) is 11.1 Å². The van der Waals surface area contributed by atoms with Crippen molar-refractivity contribution in [3.63, 3.8) is 0 Å². The largest absolute Gasteiger partial charge is 0.345 e. The van der Waals surface area contributed by atoms with Gasteiger partial charge in [0.15, 0.2) is 0 Å². The first-order valence-corrected chi connectivity index (χ1v) is 6.10. The molecule has 0 aromatic heterocycles. The summed E-state index contributed by atoms with van der Waals surface area (Å²) in [6.45, 7) is 0. The zero-order valence-electron chi connectivity index (χ0n) is 10.6. The maximum atomic E-state index is 12.2. The highest BCUT2D eigenvalue weighted by atomic mass is 16.2. The Bertz CT molecular complexity index is 629. The third-order valence-corrected chi connectivity index (χ3v) is 3.49. The minimum absolute atomic E-state index is 0.0830. The molecule has 90 valence electrons. The zero-order valence-corrected chi connectivity index (χ0v) is 10.6. The normalized spacial score (nSPS) is 11.9. The van der Waals surface area contributed by atoms with Crippen molar-refractivity contribution < 1.29 is 4.79 Å². The van der Waals surface area contributed by atoms with Gasteiger partial charge in [0, 0.05) is 19.7 Å². The number of rotatable bonds is 1. The minimum atomic E-state index is 0.0830. The smallest absolute Gasteiger partial charge is 0.253 e. The van der Waals surface area contributed by atoms with Gasteiger partial charge in [0.1, 0.15) is 0 Å². The third-order valence-electron chi connectivity index (χ3n) is 3.49. The summed E-state index contributed by atoms with van der Waals surface area (Å²) in [7, 11) is 3.59. The maximum Gasteiger partial charge on any atom is 0.253 e. The van der Waals surface area contributed by atoms with E-state index in [1.165, 1.54) is 16.7 Å². The van der Waals surface area contributed by atoms with E-state index in [1.54, 1.807) is 19.0 Å². The Morgan fingerprint density at radius 1 is 1.00 bits per heavy atom. The standard InChI is InChI=1S/C16H15NO/c1-17(2)16(18)14-9-5-8-13-12-7-4-3-6-11(12)10-15(13)14/h3-9H,10H2,1-2H3. The van der Waals surface area contributed by atoms with Gasteiger partial charge >= 0.3 is 0 Å². The molecule has 18 heavy (non-hydrogen) atoms. The highest BCUT2D eigenvalue weighted by Gasteiger charge is 2.23. The molecule has 3 rings (SSSR count). The van der Waals surface area contributed by atoms with Crippen LogP contribution in [-0.2, 0) is 6.42 Å². The molecular weight excluding hydrogens is 222 g/mol. The van der Waals surface area contributed by atoms with Gasteiger partial charge in [-0.1, -0.05) is 36.4 Å². The van der Waals surface area contributed by atoms with Crippen molar-refractivity contribution in [3.8, 4) is 11.1 Å². The van der Waals surface area contributed by atoms with E-state index in [4.69, 9.17) is 0 Å². The summed E-state index contributed by atoms with van der Waals surface area (Å²) < 4.78 is 0. The number of carbonyl (C=O) groups is 1. The number of amides is 1. The van der Waals surface area contributed by atoms with Crippen molar-refractivity contribution in [1.82, 2.24) is 4.90 Å². The van der Waals surface area contributed by atoms with E-state index in [0.717, 1.165) is 17.5 Å². The molecule has 1 aliphatic rings. The average Bonchev–Trinajstić information content (AvgIpc) is 2.76. The fourth-order valence-corrected chi connectivity index (χ4v) is 2.60. The second-order valence-electron chi connectivity index (χ2n) is 4.87. The zero-order chi connectivity index (χ0) is 12.7. The number of hydrogen-bond acceptors (Lipinski definition) is 1. The second kappa shape index (κ2) is 3.98. The Hall–Kier alpha value is -2.09. The van der Waals surface area contributed by atoms with Gasteiger partial charge in [0.2, 0.25) is 0 Å². The van der Waals surface area contributed by atoms with E-state index >= 15 is 0 Å². The van der Waals surface area contributed by atoms with E-state index < -0.39 is 0 Å². The van der Waals surface area contributed by atoms with Gasteiger partial charge in [-0.2, -0.15) is 0 Å². The van der Waals surface area contributed by atoms with Gasteiger partial charge in [0.25, 0.3) is 5.91 Å². The first-order valence-electron chi connectivity index (χ1n) is 6.10. The van der Waals surface area contributed by atoms with Crippen LogP contribution in [0.15, 0.2) is 42.5 Å². The molecule has 2 heteroatoms. The predicted molar refractivity (Wildman–Crippen MR) is 72.7 cm³/mol. The van der Waals surface area contributed by atoms with Crippen molar-refractivity contribution in [1.29, 1.82) is 0 Å². The van der Waals surface area contributed by atoms with Gasteiger partial charge < -0.3 is 4.90 Å². The molecule has 1 amide bonds. The van der Waals surface area contributed by atoms with Crippen LogP contribution in [0.4, 0.5) is 0 Å². The van der Waals surface area contributed by atoms with E-state index in [1.807, 2.05) is 18.2 Å². The second-order valence-corrected chi connectivity index (χ2v) is 4.87. The molecule has 2 nitrogen and oxygen atoms in total. The van der Waals surface area contributed by atoms with E-state index in [9.17, 15) is 4.79 Å². The first kappa shape index (κ1) is 11.0. The van der Waals surface area contributed by atoms with Crippen molar-refractivity contribution in [2.24, 2.45) is 0 Å². The van der Waals surface area contributed by atoms with Gasteiger partial charge in [-0.25, -0.2) is 0 Å². The molecule has 0 saturated carbocycles. The summed E-state index contributed by atoms with van der Waals surface area (Å²) in [5, 5.41) is 0. The Morgan fingerprint density at radius 3 is 2.50 bits per heavy atom. The van der Waals surface area contributed by atoms with Crippen molar-refractivity contribution in [2.75, 3.05) is 14.1 Å². The molecule has 0 heterocycles. The molecule has 2 aromatic carbocycles. The Morgan fingerprint density at radius 2 is 1.72 bits per heavy atom. The molecule has 2 aromatic rings. The molecule has 1 aliphatic carbocycles. The fourth-order valence-electron chi connectivity index (χ4n) is 2.60. The Balaban J connectivity index is 2.17. The maximum absolute atomic E-state index is 12.2. The summed E-state index contributed by atoms with van der Waals surface area (Å²) in [5.74, 6) is 0.0830. The predicted octanol–water partition coefficient (Wildman–Crippen LogP) is 2.96. The number of carbonyl (C=O) groups excluding carboxylic acids is 1. The van der Waals surface area contributed by atoms with Crippen LogP contribution in [-0.4, -0.2) is 24.9 Å². The molecule has 0 saturated heterocycles. The van der Waals surface area contributed by atoms with Crippen LogP contribution >= 0.6 is 0 Å². The molecule has 0 aliphatic heterocycles. The summed E-state index contributed by atoms with van der Waals surface area (Å²) >= 11 is 0. The lowest BCUT2D eigenvalue weighted by molar-refractivity contribution is 0.0827. The van der Waals surface area contributed by atoms with Crippen LogP contribution in [0.5, 0.6) is 0 Å². The van der Waals surface area contributed by atoms with Crippen LogP contribution in [0, 0.1) is 0 Å². The Kier molecular flexibility index (Phi) is 2.44. The highest BCUT2D eigenvalue weighted by molar-refractivity contribution is 5.98. The number of hydrogen-bond donors (Lipinski definition) is 0. The van der Waals surface area contributed by atoms with Crippen molar-refractivity contribution in [2.45, 2.75) is 6.42 Å².